The predicted molar refractivity (Wildman–Crippen MR) is 112 cm³/mol. The van der Waals surface area contributed by atoms with Gasteiger partial charge < -0.3 is 15.0 Å². The minimum absolute atomic E-state index is 0.0362. The number of halogens is 1. The Labute approximate surface area is 175 Å². The third kappa shape index (κ3) is 4.31. The Kier molecular flexibility index (Phi) is 6.00. The van der Waals surface area contributed by atoms with Gasteiger partial charge in [-0.3, -0.25) is 9.69 Å². The molecule has 1 aromatic heterocycles. The van der Waals surface area contributed by atoms with Crippen molar-refractivity contribution in [2.75, 3.05) is 38.6 Å². The molecule has 0 spiro atoms. The zero-order valence-electron chi connectivity index (χ0n) is 17.1. The van der Waals surface area contributed by atoms with Crippen molar-refractivity contribution in [2.24, 2.45) is 0 Å². The largest absolute Gasteiger partial charge is 0.481 e. The lowest BCUT2D eigenvalue weighted by Gasteiger charge is -2.33. The number of methoxy groups -OCH3 is 1. The molecule has 30 heavy (non-hydrogen) atoms. The van der Waals surface area contributed by atoms with Gasteiger partial charge in [-0.2, -0.15) is 5.26 Å². The summed E-state index contributed by atoms with van der Waals surface area (Å²) in [5, 5.41) is 14.9. The first-order valence-corrected chi connectivity index (χ1v) is 10.3. The molecule has 2 aliphatic rings. The Hall–Kier alpha value is -2.92. The standard InChI is InChI=1S/C22H26FN5O2/c1-30-21-10-19-15(12-25-21)3-2-4-20(19)26-17-5-7-27(8-6-17)14-22(29)28-13-16(23)9-18(28)11-24/h2-4,10,12,16-18,26H,5-9,13-14H2,1H3/t16-,18?/m0/s1. The molecule has 0 aliphatic carbocycles. The first kappa shape index (κ1) is 20.4. The van der Waals surface area contributed by atoms with E-state index in [0.717, 1.165) is 42.4 Å². The van der Waals surface area contributed by atoms with Crippen molar-refractivity contribution in [3.63, 3.8) is 0 Å². The van der Waals surface area contributed by atoms with Crippen molar-refractivity contribution in [2.45, 2.75) is 37.5 Å². The van der Waals surface area contributed by atoms with Crippen molar-refractivity contribution >= 4 is 22.4 Å². The minimum atomic E-state index is -1.09. The summed E-state index contributed by atoms with van der Waals surface area (Å²) in [5.74, 6) is 0.431. The molecule has 1 aromatic carbocycles. The van der Waals surface area contributed by atoms with E-state index in [-0.39, 0.29) is 25.4 Å². The molecule has 1 unspecified atom stereocenters. The number of carbonyl (C=O) groups is 1. The number of nitrogens with one attached hydrogen (secondary N) is 1. The number of anilines is 1. The summed E-state index contributed by atoms with van der Waals surface area (Å²) < 4.78 is 18.8. The van der Waals surface area contributed by atoms with Gasteiger partial charge in [0.25, 0.3) is 0 Å². The number of alkyl halides is 1. The zero-order valence-corrected chi connectivity index (χ0v) is 17.1. The third-order valence-corrected chi connectivity index (χ3v) is 5.97. The van der Waals surface area contributed by atoms with Crippen LogP contribution in [0.4, 0.5) is 10.1 Å². The highest BCUT2D eigenvalue weighted by atomic mass is 19.1. The highest BCUT2D eigenvalue weighted by molar-refractivity contribution is 5.94. The van der Waals surface area contributed by atoms with Gasteiger partial charge in [0.2, 0.25) is 11.8 Å². The monoisotopic (exact) mass is 411 g/mol. The van der Waals surface area contributed by atoms with Crippen LogP contribution in [0.25, 0.3) is 10.8 Å². The summed E-state index contributed by atoms with van der Waals surface area (Å²) in [4.78, 5) is 20.3. The number of amides is 1. The van der Waals surface area contributed by atoms with Crippen LogP contribution < -0.4 is 10.1 Å². The van der Waals surface area contributed by atoms with E-state index in [0.29, 0.717) is 11.9 Å². The summed E-state index contributed by atoms with van der Waals surface area (Å²) in [6.07, 6.45) is 2.64. The van der Waals surface area contributed by atoms with Crippen molar-refractivity contribution in [1.82, 2.24) is 14.8 Å². The molecule has 2 saturated heterocycles. The quantitative estimate of drug-likeness (QED) is 0.815. The molecule has 8 heteroatoms. The number of hydrogen-bond acceptors (Lipinski definition) is 6. The molecule has 2 atom stereocenters. The molecule has 2 fully saturated rings. The maximum Gasteiger partial charge on any atom is 0.237 e. The van der Waals surface area contributed by atoms with Gasteiger partial charge in [0.15, 0.2) is 0 Å². The molecule has 1 amide bonds. The predicted octanol–water partition coefficient (Wildman–Crippen LogP) is 2.58. The fraction of sp³-hybridized carbons (Fsp3) is 0.500. The molecule has 7 nitrogen and oxygen atoms in total. The zero-order chi connectivity index (χ0) is 21.1. The number of hydrogen-bond donors (Lipinski definition) is 1. The van der Waals surface area contributed by atoms with Crippen LogP contribution in [0.3, 0.4) is 0 Å². The van der Waals surface area contributed by atoms with E-state index in [1.807, 2.05) is 30.5 Å². The third-order valence-electron chi connectivity index (χ3n) is 5.97. The Bertz CT molecular complexity index is 954. The van der Waals surface area contributed by atoms with E-state index in [1.54, 1.807) is 7.11 Å². The molecule has 2 aromatic rings. The van der Waals surface area contributed by atoms with Crippen LogP contribution in [0.2, 0.25) is 0 Å². The molecular weight excluding hydrogens is 385 g/mol. The number of benzene rings is 1. The molecule has 2 aliphatic heterocycles. The molecule has 1 N–H and O–H groups in total. The number of likely N-dealkylation sites (tertiary alicyclic amines) is 2. The maximum atomic E-state index is 13.6. The minimum Gasteiger partial charge on any atom is -0.481 e. The number of carbonyl (C=O) groups excluding carboxylic acids is 1. The number of nitriles is 1. The number of piperidine rings is 1. The summed E-state index contributed by atoms with van der Waals surface area (Å²) >= 11 is 0. The lowest BCUT2D eigenvalue weighted by molar-refractivity contribution is -0.132. The number of fused-ring (bicyclic) bond motifs is 1. The molecule has 0 radical (unpaired) electrons. The van der Waals surface area contributed by atoms with Crippen molar-refractivity contribution in [3.8, 4) is 11.9 Å². The average molecular weight is 411 g/mol. The molecule has 158 valence electrons. The van der Waals surface area contributed by atoms with Gasteiger partial charge in [-0.1, -0.05) is 12.1 Å². The van der Waals surface area contributed by atoms with Crippen molar-refractivity contribution < 1.29 is 13.9 Å². The van der Waals surface area contributed by atoms with Crippen LogP contribution >= 0.6 is 0 Å². The maximum absolute atomic E-state index is 13.6. The van der Waals surface area contributed by atoms with Gasteiger partial charge in [-0.25, -0.2) is 9.37 Å². The highest BCUT2D eigenvalue weighted by Gasteiger charge is 2.36. The first-order valence-electron chi connectivity index (χ1n) is 10.3. The summed E-state index contributed by atoms with van der Waals surface area (Å²) in [7, 11) is 1.61. The van der Waals surface area contributed by atoms with Crippen LogP contribution in [0.15, 0.2) is 30.5 Å². The van der Waals surface area contributed by atoms with Gasteiger partial charge in [0.1, 0.15) is 12.2 Å². The Morgan fingerprint density at radius 1 is 1.40 bits per heavy atom. The second-order valence-corrected chi connectivity index (χ2v) is 7.97. The molecule has 4 rings (SSSR count). The Balaban J connectivity index is 1.34. The number of rotatable bonds is 5. The lowest BCUT2D eigenvalue weighted by atomic mass is 10.0. The van der Waals surface area contributed by atoms with E-state index < -0.39 is 12.2 Å². The van der Waals surface area contributed by atoms with E-state index >= 15 is 0 Å². The number of aromatic nitrogens is 1. The molecule has 0 bridgehead atoms. The topological polar surface area (TPSA) is 81.5 Å². The second kappa shape index (κ2) is 8.84. The first-order chi connectivity index (χ1) is 14.6. The van der Waals surface area contributed by atoms with Gasteiger partial charge in [0.05, 0.1) is 26.3 Å². The molecule has 3 heterocycles. The SMILES string of the molecule is COc1cc2c(NC3CCN(CC(=O)N4C[C@@H](F)CC4C#N)CC3)cccc2cn1. The van der Waals surface area contributed by atoms with Gasteiger partial charge in [-0.15, -0.1) is 0 Å². The Morgan fingerprint density at radius 3 is 2.93 bits per heavy atom. The molecular formula is C22H26FN5O2. The van der Waals surface area contributed by atoms with Crippen LogP contribution in [0.5, 0.6) is 5.88 Å². The van der Waals surface area contributed by atoms with Crippen LogP contribution in [-0.4, -0.2) is 72.2 Å². The van der Waals surface area contributed by atoms with E-state index in [4.69, 9.17) is 10.00 Å². The van der Waals surface area contributed by atoms with Crippen molar-refractivity contribution in [1.29, 1.82) is 5.26 Å². The number of ether oxygens (including phenoxy) is 1. The van der Waals surface area contributed by atoms with Crippen LogP contribution in [-0.2, 0) is 4.79 Å². The normalized spacial score (nSPS) is 22.8. The fourth-order valence-electron chi connectivity index (χ4n) is 4.31. The fourth-order valence-corrected chi connectivity index (χ4v) is 4.31. The van der Waals surface area contributed by atoms with Gasteiger partial charge >= 0.3 is 0 Å². The lowest BCUT2D eigenvalue weighted by Crippen LogP contribution is -2.46. The Morgan fingerprint density at radius 2 is 2.20 bits per heavy atom. The van der Waals surface area contributed by atoms with Gasteiger partial charge in [0, 0.05) is 54.3 Å². The van der Waals surface area contributed by atoms with E-state index in [1.165, 1.54) is 4.90 Å². The van der Waals surface area contributed by atoms with E-state index in [2.05, 4.69) is 21.3 Å². The summed E-state index contributed by atoms with van der Waals surface area (Å²) in [5.41, 5.74) is 1.05. The average Bonchev–Trinajstić information content (AvgIpc) is 3.16. The van der Waals surface area contributed by atoms with Crippen LogP contribution in [0, 0.1) is 11.3 Å². The molecule has 0 saturated carbocycles. The van der Waals surface area contributed by atoms with Crippen LogP contribution in [0.1, 0.15) is 19.3 Å². The smallest absolute Gasteiger partial charge is 0.237 e. The highest BCUT2D eigenvalue weighted by Crippen LogP contribution is 2.28. The summed E-state index contributed by atoms with van der Waals surface area (Å²) in [6, 6.07) is 9.73. The van der Waals surface area contributed by atoms with E-state index in [9.17, 15) is 9.18 Å². The van der Waals surface area contributed by atoms with Crippen molar-refractivity contribution in [3.05, 3.63) is 30.5 Å². The summed E-state index contributed by atoms with van der Waals surface area (Å²) in [6.45, 7) is 1.84. The number of pyridine rings is 1. The second-order valence-electron chi connectivity index (χ2n) is 7.97. The number of nitrogens with zero attached hydrogens (tertiary/aromatic N) is 4. The van der Waals surface area contributed by atoms with Gasteiger partial charge in [-0.05, 0) is 18.9 Å².